The van der Waals surface area contributed by atoms with Crippen LogP contribution in [0.2, 0.25) is 0 Å². The predicted molar refractivity (Wildman–Crippen MR) is 72.0 cm³/mol. The molecule has 0 saturated carbocycles. The van der Waals surface area contributed by atoms with Gasteiger partial charge >= 0.3 is 0 Å². The van der Waals surface area contributed by atoms with Crippen LogP contribution in [0.4, 0.5) is 0 Å². The maximum Gasteiger partial charge on any atom is 0.151 e. The molecule has 104 valence electrons. The Hall–Kier alpha value is -0.640. The van der Waals surface area contributed by atoms with E-state index in [0.29, 0.717) is 5.75 Å². The van der Waals surface area contributed by atoms with Gasteiger partial charge in [0.25, 0.3) is 0 Å². The molecule has 1 N–H and O–H groups in total. The molecule has 0 aromatic carbocycles. The van der Waals surface area contributed by atoms with Gasteiger partial charge in [0.15, 0.2) is 9.84 Å². The Morgan fingerprint density at radius 1 is 1.56 bits per heavy atom. The van der Waals surface area contributed by atoms with Gasteiger partial charge in [0.05, 0.1) is 17.6 Å². The lowest BCUT2D eigenvalue weighted by Crippen LogP contribution is -2.39. The Labute approximate surface area is 110 Å². The monoisotopic (exact) mass is 273 g/mol. The molecule has 1 fully saturated rings. The Morgan fingerprint density at radius 2 is 2.22 bits per heavy atom. The van der Waals surface area contributed by atoms with Gasteiger partial charge in [-0.2, -0.15) is 5.26 Å². The van der Waals surface area contributed by atoms with Crippen molar-refractivity contribution < 1.29 is 8.42 Å². The Kier molecular flexibility index (Phi) is 5.14. The van der Waals surface area contributed by atoms with Gasteiger partial charge < -0.3 is 10.2 Å². The van der Waals surface area contributed by atoms with Crippen LogP contribution in [0.15, 0.2) is 0 Å². The topological polar surface area (TPSA) is 73.2 Å². The summed E-state index contributed by atoms with van der Waals surface area (Å²) in [7, 11) is 0.945. The lowest BCUT2D eigenvalue weighted by molar-refractivity contribution is 0.248. The fourth-order valence-electron chi connectivity index (χ4n) is 2.22. The third kappa shape index (κ3) is 4.23. The molecular weight excluding hydrogens is 250 g/mol. The molecule has 1 rings (SSSR count). The Morgan fingerprint density at radius 3 is 2.67 bits per heavy atom. The molecule has 0 amide bonds. The van der Waals surface area contributed by atoms with Crippen molar-refractivity contribution in [3.63, 3.8) is 0 Å². The molecule has 0 aliphatic carbocycles. The minimum absolute atomic E-state index is 0.151. The summed E-state index contributed by atoms with van der Waals surface area (Å²) in [4.78, 5) is 2.11. The highest BCUT2D eigenvalue weighted by Crippen LogP contribution is 2.18. The number of nitrogens with one attached hydrogen (secondary N) is 1. The molecule has 0 aromatic heterocycles. The van der Waals surface area contributed by atoms with Gasteiger partial charge in [-0.25, -0.2) is 8.42 Å². The highest BCUT2D eigenvalue weighted by Gasteiger charge is 2.30. The lowest BCUT2D eigenvalue weighted by atomic mass is 9.98. The van der Waals surface area contributed by atoms with E-state index < -0.39 is 15.4 Å². The van der Waals surface area contributed by atoms with Crippen molar-refractivity contribution in [2.45, 2.75) is 37.8 Å². The molecule has 1 heterocycles. The van der Waals surface area contributed by atoms with E-state index in [4.69, 9.17) is 5.26 Å². The number of nitrogens with zero attached hydrogens (tertiary/aromatic N) is 2. The first kappa shape index (κ1) is 15.4. The highest BCUT2D eigenvalue weighted by molar-refractivity contribution is 7.91. The third-order valence-corrected chi connectivity index (χ3v) is 5.57. The Balaban J connectivity index is 2.35. The fraction of sp³-hybridized carbons (Fsp3) is 0.917. The van der Waals surface area contributed by atoms with Crippen molar-refractivity contribution in [3.8, 4) is 6.07 Å². The van der Waals surface area contributed by atoms with E-state index in [2.05, 4.69) is 16.3 Å². The number of nitriles is 1. The number of hydrogen-bond donors (Lipinski definition) is 1. The molecule has 2 unspecified atom stereocenters. The standard InChI is InChI=1S/C12H23N3O2S/c1-12(10-13,14-2)6-4-7-15(3)11-5-8-18(16,17)9-11/h11,14H,4-9H2,1-3H3. The molecule has 1 aliphatic heterocycles. The van der Waals surface area contributed by atoms with Crippen molar-refractivity contribution in [2.75, 3.05) is 32.1 Å². The van der Waals surface area contributed by atoms with Crippen LogP contribution in [0.5, 0.6) is 0 Å². The Bertz CT molecular complexity index is 416. The summed E-state index contributed by atoms with van der Waals surface area (Å²) in [5, 5.41) is 12.0. The first-order valence-corrected chi connectivity index (χ1v) is 8.15. The van der Waals surface area contributed by atoms with Crippen molar-refractivity contribution in [3.05, 3.63) is 0 Å². The van der Waals surface area contributed by atoms with Crippen LogP contribution in [-0.4, -0.2) is 57.0 Å². The van der Waals surface area contributed by atoms with E-state index in [-0.39, 0.29) is 11.8 Å². The van der Waals surface area contributed by atoms with Gasteiger partial charge in [0.2, 0.25) is 0 Å². The van der Waals surface area contributed by atoms with Crippen molar-refractivity contribution in [1.29, 1.82) is 5.26 Å². The molecule has 2 atom stereocenters. The SMILES string of the molecule is CNC(C)(C#N)CCCN(C)C1CCS(=O)(=O)C1. The van der Waals surface area contributed by atoms with Crippen molar-refractivity contribution in [1.82, 2.24) is 10.2 Å². The van der Waals surface area contributed by atoms with Gasteiger partial charge in [0.1, 0.15) is 5.54 Å². The summed E-state index contributed by atoms with van der Waals surface area (Å²) in [6.45, 7) is 2.71. The van der Waals surface area contributed by atoms with Gasteiger partial charge in [-0.15, -0.1) is 0 Å². The zero-order chi connectivity index (χ0) is 13.8. The fourth-order valence-corrected chi connectivity index (χ4v) is 4.03. The van der Waals surface area contributed by atoms with Crippen LogP contribution in [0.1, 0.15) is 26.2 Å². The van der Waals surface area contributed by atoms with E-state index in [1.54, 1.807) is 7.05 Å². The molecular formula is C12H23N3O2S. The molecule has 0 spiro atoms. The summed E-state index contributed by atoms with van der Waals surface area (Å²) < 4.78 is 22.8. The maximum atomic E-state index is 11.4. The second-order valence-electron chi connectivity index (χ2n) is 5.33. The summed E-state index contributed by atoms with van der Waals surface area (Å²) in [5.41, 5.74) is -0.484. The highest BCUT2D eigenvalue weighted by atomic mass is 32.2. The number of rotatable bonds is 6. The van der Waals surface area contributed by atoms with E-state index in [9.17, 15) is 8.42 Å². The number of hydrogen-bond acceptors (Lipinski definition) is 5. The zero-order valence-electron chi connectivity index (χ0n) is 11.4. The average Bonchev–Trinajstić information content (AvgIpc) is 2.69. The second kappa shape index (κ2) is 6.00. The van der Waals surface area contributed by atoms with E-state index in [1.807, 2.05) is 14.0 Å². The molecule has 6 heteroatoms. The average molecular weight is 273 g/mol. The zero-order valence-corrected chi connectivity index (χ0v) is 12.3. The summed E-state index contributed by atoms with van der Waals surface area (Å²) in [6, 6.07) is 2.41. The molecule has 0 radical (unpaired) electrons. The molecule has 0 aromatic rings. The van der Waals surface area contributed by atoms with Crippen LogP contribution < -0.4 is 5.32 Å². The minimum atomic E-state index is -2.81. The molecule has 5 nitrogen and oxygen atoms in total. The molecule has 0 bridgehead atoms. The minimum Gasteiger partial charge on any atom is -0.303 e. The summed E-state index contributed by atoms with van der Waals surface area (Å²) in [5.74, 6) is 0.597. The lowest BCUT2D eigenvalue weighted by Gasteiger charge is -2.25. The quantitative estimate of drug-likeness (QED) is 0.758. The van der Waals surface area contributed by atoms with Crippen LogP contribution in [0.25, 0.3) is 0 Å². The van der Waals surface area contributed by atoms with Crippen LogP contribution in [0, 0.1) is 11.3 Å². The first-order valence-electron chi connectivity index (χ1n) is 6.33. The first-order chi connectivity index (χ1) is 8.32. The van der Waals surface area contributed by atoms with E-state index in [0.717, 1.165) is 25.8 Å². The normalized spacial score (nSPS) is 25.8. The van der Waals surface area contributed by atoms with Crippen LogP contribution in [-0.2, 0) is 9.84 Å². The summed E-state index contributed by atoms with van der Waals surface area (Å²) in [6.07, 6.45) is 2.39. The van der Waals surface area contributed by atoms with Crippen LogP contribution >= 0.6 is 0 Å². The van der Waals surface area contributed by atoms with Gasteiger partial charge in [-0.1, -0.05) is 0 Å². The number of sulfone groups is 1. The van der Waals surface area contributed by atoms with Gasteiger partial charge in [-0.3, -0.25) is 0 Å². The third-order valence-electron chi connectivity index (χ3n) is 3.82. The second-order valence-corrected chi connectivity index (χ2v) is 7.56. The summed E-state index contributed by atoms with van der Waals surface area (Å²) >= 11 is 0. The van der Waals surface area contributed by atoms with Gasteiger partial charge in [-0.05, 0) is 46.8 Å². The largest absolute Gasteiger partial charge is 0.303 e. The molecule has 18 heavy (non-hydrogen) atoms. The van der Waals surface area contributed by atoms with Crippen molar-refractivity contribution >= 4 is 9.84 Å². The van der Waals surface area contributed by atoms with Crippen LogP contribution in [0.3, 0.4) is 0 Å². The van der Waals surface area contributed by atoms with Gasteiger partial charge in [0, 0.05) is 6.04 Å². The van der Waals surface area contributed by atoms with E-state index >= 15 is 0 Å². The van der Waals surface area contributed by atoms with E-state index in [1.165, 1.54) is 0 Å². The predicted octanol–water partition coefficient (Wildman–Crippen LogP) is 0.387. The molecule has 1 aliphatic rings. The smallest absolute Gasteiger partial charge is 0.151 e. The maximum absolute atomic E-state index is 11.4. The van der Waals surface area contributed by atoms with Crippen molar-refractivity contribution in [2.24, 2.45) is 0 Å². The molecule has 1 saturated heterocycles.